The molecule has 0 aromatic carbocycles. The Balaban J connectivity index is 2.74. The van der Waals surface area contributed by atoms with Gasteiger partial charge in [-0.1, -0.05) is 33.1 Å². The number of hydrogen-bond donors (Lipinski definition) is 2. The number of amides is 1. The van der Waals surface area contributed by atoms with Gasteiger partial charge in [-0.3, -0.25) is 4.79 Å². The van der Waals surface area contributed by atoms with E-state index in [0.717, 1.165) is 32.5 Å². The summed E-state index contributed by atoms with van der Waals surface area (Å²) in [5.74, 6) is 0.494. The summed E-state index contributed by atoms with van der Waals surface area (Å²) in [4.78, 5) is 13.7. The molecule has 18 heavy (non-hydrogen) atoms. The van der Waals surface area contributed by atoms with Crippen LogP contribution in [-0.2, 0) is 4.79 Å². The fourth-order valence-corrected chi connectivity index (χ4v) is 3.05. The number of piperazine rings is 1. The molecular formula is C14H29N3O. The number of carbonyl (C=O) groups is 1. The molecule has 0 aromatic heterocycles. The van der Waals surface area contributed by atoms with Crippen LogP contribution in [0, 0.1) is 5.92 Å². The van der Waals surface area contributed by atoms with E-state index >= 15 is 0 Å². The predicted molar refractivity (Wildman–Crippen MR) is 75.1 cm³/mol. The van der Waals surface area contributed by atoms with Gasteiger partial charge in [-0.2, -0.15) is 0 Å². The van der Waals surface area contributed by atoms with Crippen LogP contribution in [0.25, 0.3) is 0 Å². The molecule has 1 heterocycles. The van der Waals surface area contributed by atoms with Crippen molar-refractivity contribution in [1.82, 2.24) is 10.2 Å². The maximum Gasteiger partial charge on any atom is 0.221 e. The van der Waals surface area contributed by atoms with Gasteiger partial charge in [0.1, 0.15) is 5.66 Å². The quantitative estimate of drug-likeness (QED) is 0.710. The molecule has 0 radical (unpaired) electrons. The molecule has 0 saturated carbocycles. The lowest BCUT2D eigenvalue weighted by Crippen LogP contribution is -2.71. The summed E-state index contributed by atoms with van der Waals surface area (Å²) in [6.07, 6.45) is 5.83. The van der Waals surface area contributed by atoms with Gasteiger partial charge in [0.25, 0.3) is 0 Å². The van der Waals surface area contributed by atoms with Gasteiger partial charge in [0.2, 0.25) is 5.91 Å². The summed E-state index contributed by atoms with van der Waals surface area (Å²) in [6, 6.07) is 0. The summed E-state index contributed by atoms with van der Waals surface area (Å²) in [7, 11) is 0. The van der Waals surface area contributed by atoms with Crippen molar-refractivity contribution in [2.75, 3.05) is 19.6 Å². The van der Waals surface area contributed by atoms with Gasteiger partial charge in [0, 0.05) is 26.6 Å². The topological polar surface area (TPSA) is 58.4 Å². The summed E-state index contributed by atoms with van der Waals surface area (Å²) in [5.41, 5.74) is 6.09. The molecule has 1 amide bonds. The molecule has 0 aliphatic carbocycles. The van der Waals surface area contributed by atoms with Crippen LogP contribution in [0.2, 0.25) is 0 Å². The lowest BCUT2D eigenvalue weighted by molar-refractivity contribution is -0.139. The molecule has 3 N–H and O–H groups in total. The molecule has 0 spiro atoms. The Labute approximate surface area is 111 Å². The second-order valence-electron chi connectivity index (χ2n) is 5.44. The fourth-order valence-electron chi connectivity index (χ4n) is 3.05. The monoisotopic (exact) mass is 255 g/mol. The summed E-state index contributed by atoms with van der Waals surface area (Å²) in [6.45, 7) is 8.32. The lowest BCUT2D eigenvalue weighted by Gasteiger charge is -2.49. The highest BCUT2D eigenvalue weighted by molar-refractivity contribution is 5.74. The van der Waals surface area contributed by atoms with Crippen molar-refractivity contribution in [1.29, 1.82) is 0 Å². The minimum absolute atomic E-state index is 0.105. The summed E-state index contributed by atoms with van der Waals surface area (Å²) < 4.78 is 0. The number of hydrogen-bond acceptors (Lipinski definition) is 3. The molecule has 0 aromatic rings. The van der Waals surface area contributed by atoms with E-state index in [4.69, 9.17) is 5.73 Å². The van der Waals surface area contributed by atoms with Crippen molar-refractivity contribution in [3.63, 3.8) is 0 Å². The van der Waals surface area contributed by atoms with Gasteiger partial charge in [-0.05, 0) is 18.8 Å². The van der Waals surface area contributed by atoms with Crippen LogP contribution < -0.4 is 11.1 Å². The molecule has 0 bridgehead atoms. The van der Waals surface area contributed by atoms with Crippen molar-refractivity contribution in [2.24, 2.45) is 11.7 Å². The van der Waals surface area contributed by atoms with E-state index in [2.05, 4.69) is 19.2 Å². The molecule has 1 rings (SSSR count). The SMILES string of the molecule is CCCCCC(CC)C1(N)CNCCN1C(C)=O. The van der Waals surface area contributed by atoms with E-state index < -0.39 is 5.66 Å². The molecule has 2 atom stereocenters. The largest absolute Gasteiger partial charge is 0.322 e. The molecule has 1 saturated heterocycles. The van der Waals surface area contributed by atoms with E-state index in [1.807, 2.05) is 4.90 Å². The van der Waals surface area contributed by atoms with Gasteiger partial charge >= 0.3 is 0 Å². The molecule has 1 aliphatic rings. The molecule has 4 heteroatoms. The van der Waals surface area contributed by atoms with Crippen LogP contribution in [0.3, 0.4) is 0 Å². The van der Waals surface area contributed by atoms with Gasteiger partial charge in [0.15, 0.2) is 0 Å². The number of nitrogens with two attached hydrogens (primary N) is 1. The third-order valence-electron chi connectivity index (χ3n) is 4.16. The number of nitrogens with one attached hydrogen (secondary N) is 1. The first-order chi connectivity index (χ1) is 8.56. The molecule has 106 valence electrons. The Hall–Kier alpha value is -0.610. The Kier molecular flexibility index (Phi) is 6.09. The maximum atomic E-state index is 11.8. The zero-order chi connectivity index (χ0) is 13.6. The first-order valence-corrected chi connectivity index (χ1v) is 7.34. The van der Waals surface area contributed by atoms with Crippen molar-refractivity contribution < 1.29 is 4.79 Å². The highest BCUT2D eigenvalue weighted by Crippen LogP contribution is 2.29. The molecule has 2 unspecified atom stereocenters. The van der Waals surface area contributed by atoms with Gasteiger partial charge in [-0.25, -0.2) is 0 Å². The normalized spacial score (nSPS) is 26.1. The average Bonchev–Trinajstić information content (AvgIpc) is 2.34. The van der Waals surface area contributed by atoms with Gasteiger partial charge in [-0.15, -0.1) is 0 Å². The highest BCUT2D eigenvalue weighted by Gasteiger charge is 2.42. The maximum absolute atomic E-state index is 11.8. The van der Waals surface area contributed by atoms with Crippen LogP contribution in [0.15, 0.2) is 0 Å². The zero-order valence-corrected chi connectivity index (χ0v) is 12.2. The van der Waals surface area contributed by atoms with E-state index in [9.17, 15) is 4.79 Å². The second kappa shape index (κ2) is 7.10. The standard InChI is InChI=1S/C14H29N3O/c1-4-6-7-8-13(5-2)14(15)11-16-9-10-17(14)12(3)18/h13,16H,4-11,15H2,1-3H3. The van der Waals surface area contributed by atoms with Crippen LogP contribution in [0.5, 0.6) is 0 Å². The molecular weight excluding hydrogens is 226 g/mol. The highest BCUT2D eigenvalue weighted by atomic mass is 16.2. The second-order valence-corrected chi connectivity index (χ2v) is 5.44. The third kappa shape index (κ3) is 3.45. The van der Waals surface area contributed by atoms with E-state index in [1.54, 1.807) is 6.92 Å². The Morgan fingerprint density at radius 3 is 2.72 bits per heavy atom. The van der Waals surface area contributed by atoms with Crippen LogP contribution in [0.1, 0.15) is 52.9 Å². The number of unbranched alkanes of at least 4 members (excludes halogenated alkanes) is 2. The predicted octanol–water partition coefficient (Wildman–Crippen LogP) is 1.70. The van der Waals surface area contributed by atoms with E-state index in [-0.39, 0.29) is 5.91 Å². The van der Waals surface area contributed by atoms with Crippen molar-refractivity contribution >= 4 is 5.91 Å². The molecule has 1 fully saturated rings. The average molecular weight is 255 g/mol. The zero-order valence-electron chi connectivity index (χ0n) is 12.2. The summed E-state index contributed by atoms with van der Waals surface area (Å²) in [5, 5.41) is 3.35. The van der Waals surface area contributed by atoms with E-state index in [1.165, 1.54) is 19.3 Å². The first kappa shape index (κ1) is 15.4. The van der Waals surface area contributed by atoms with Crippen molar-refractivity contribution in [3.8, 4) is 0 Å². The Bertz CT molecular complexity index is 270. The molecule has 4 nitrogen and oxygen atoms in total. The number of rotatable bonds is 6. The van der Waals surface area contributed by atoms with Crippen LogP contribution in [0.4, 0.5) is 0 Å². The first-order valence-electron chi connectivity index (χ1n) is 7.34. The number of nitrogens with zero attached hydrogens (tertiary/aromatic N) is 1. The third-order valence-corrected chi connectivity index (χ3v) is 4.16. The minimum Gasteiger partial charge on any atom is -0.322 e. The van der Waals surface area contributed by atoms with Crippen molar-refractivity contribution in [2.45, 2.75) is 58.5 Å². The minimum atomic E-state index is -0.493. The van der Waals surface area contributed by atoms with E-state index in [0.29, 0.717) is 5.92 Å². The van der Waals surface area contributed by atoms with Gasteiger partial charge < -0.3 is 16.0 Å². The van der Waals surface area contributed by atoms with Crippen molar-refractivity contribution in [3.05, 3.63) is 0 Å². The number of carbonyl (C=O) groups excluding carboxylic acids is 1. The Morgan fingerprint density at radius 1 is 1.44 bits per heavy atom. The Morgan fingerprint density at radius 2 is 2.17 bits per heavy atom. The lowest BCUT2D eigenvalue weighted by atomic mass is 9.83. The van der Waals surface area contributed by atoms with Gasteiger partial charge in [0.05, 0.1) is 0 Å². The summed E-state index contributed by atoms with van der Waals surface area (Å²) >= 11 is 0. The van der Waals surface area contributed by atoms with Crippen LogP contribution in [-0.4, -0.2) is 36.1 Å². The molecule has 1 aliphatic heterocycles. The smallest absolute Gasteiger partial charge is 0.221 e. The van der Waals surface area contributed by atoms with Crippen LogP contribution >= 0.6 is 0 Å². The fraction of sp³-hybridized carbons (Fsp3) is 0.929.